The van der Waals surface area contributed by atoms with Crippen molar-refractivity contribution in [2.75, 3.05) is 0 Å². The molecule has 0 amide bonds. The number of rotatable bonds is 4. The Balaban J connectivity index is 0. The Morgan fingerprint density at radius 2 is 1.10 bits per heavy atom. The van der Waals surface area contributed by atoms with Crippen molar-refractivity contribution >= 4 is 0 Å². The molecule has 2 aliphatic rings. The number of hydrogen-bond donors (Lipinski definition) is 0. The molecular weight excluding hydrogens is 359 g/mol. The SMILES string of the molecule is C[CH](C)[Ti+][C]1=CC=CC1.C[CH](C)[Ti+][C]1=CC=CC1.[Cl-].[Cl-]. The van der Waals surface area contributed by atoms with E-state index in [0.717, 1.165) is 8.45 Å². The topological polar surface area (TPSA) is 0 Å². The first-order valence-corrected chi connectivity index (χ1v) is 10.2. The van der Waals surface area contributed by atoms with E-state index in [1.807, 2.05) is 0 Å². The predicted molar refractivity (Wildman–Crippen MR) is 73.9 cm³/mol. The summed E-state index contributed by atoms with van der Waals surface area (Å²) in [4.78, 5) is 0. The summed E-state index contributed by atoms with van der Waals surface area (Å²) in [6.45, 7) is 9.27. The first kappa shape index (κ1) is 23.2. The van der Waals surface area contributed by atoms with Gasteiger partial charge >= 0.3 is 131 Å². The molecule has 0 saturated carbocycles. The van der Waals surface area contributed by atoms with E-state index in [1.165, 1.54) is 12.8 Å². The van der Waals surface area contributed by atoms with Gasteiger partial charge in [-0.2, -0.15) is 0 Å². The Bertz CT molecular complexity index is 331. The van der Waals surface area contributed by atoms with Crippen molar-refractivity contribution in [3.8, 4) is 0 Å². The van der Waals surface area contributed by atoms with E-state index in [1.54, 1.807) is 7.76 Å². The van der Waals surface area contributed by atoms with Crippen molar-refractivity contribution in [1.29, 1.82) is 0 Å². The molecule has 20 heavy (non-hydrogen) atoms. The second-order valence-corrected chi connectivity index (χ2v) is 11.8. The van der Waals surface area contributed by atoms with Gasteiger partial charge in [-0.3, -0.25) is 0 Å². The first-order chi connectivity index (χ1) is 8.58. The monoisotopic (exact) mass is 382 g/mol. The summed E-state index contributed by atoms with van der Waals surface area (Å²) < 4.78 is 5.31. The fourth-order valence-corrected chi connectivity index (χ4v) is 5.50. The maximum absolute atomic E-state index is 2.32. The maximum atomic E-state index is 2.32. The molecular formula is C16H24Cl2Ti2. The second kappa shape index (κ2) is 13.6. The number of halogens is 2. The average Bonchev–Trinajstić information content (AvgIpc) is 2.90. The third-order valence-electron chi connectivity index (χ3n) is 2.49. The zero-order valence-corrected chi connectivity index (χ0v) is 17.4. The summed E-state index contributed by atoms with van der Waals surface area (Å²) >= 11 is 0.472. The Labute approximate surface area is 155 Å². The Kier molecular flexibility index (Phi) is 15.8. The van der Waals surface area contributed by atoms with Gasteiger partial charge in [-0.05, 0) is 0 Å². The molecule has 110 valence electrons. The van der Waals surface area contributed by atoms with Crippen LogP contribution in [0.5, 0.6) is 0 Å². The van der Waals surface area contributed by atoms with E-state index in [4.69, 9.17) is 0 Å². The van der Waals surface area contributed by atoms with Gasteiger partial charge in [-0.1, -0.05) is 0 Å². The molecule has 0 radical (unpaired) electrons. The molecule has 2 aliphatic carbocycles. The van der Waals surface area contributed by atoms with Gasteiger partial charge in [0.2, 0.25) is 0 Å². The minimum Gasteiger partial charge on any atom is -1.00 e. The van der Waals surface area contributed by atoms with Crippen molar-refractivity contribution in [1.82, 2.24) is 0 Å². The second-order valence-electron chi connectivity index (χ2n) is 5.25. The van der Waals surface area contributed by atoms with E-state index in [9.17, 15) is 0 Å². The molecule has 0 nitrogen and oxygen atoms in total. The molecule has 0 aromatic rings. The van der Waals surface area contributed by atoms with Gasteiger partial charge in [-0.25, -0.2) is 0 Å². The fraction of sp³-hybridized carbons (Fsp3) is 0.500. The van der Waals surface area contributed by atoms with Crippen molar-refractivity contribution in [2.24, 2.45) is 0 Å². The normalized spacial score (nSPS) is 14.5. The molecule has 0 spiro atoms. The first-order valence-electron chi connectivity index (χ1n) is 6.82. The zero-order chi connectivity index (χ0) is 13.4. The molecule has 0 unspecified atom stereocenters. The van der Waals surface area contributed by atoms with Crippen LogP contribution in [0.2, 0.25) is 8.45 Å². The minimum absolute atomic E-state index is 0. The molecule has 0 N–H and O–H groups in total. The molecule has 0 aromatic carbocycles. The van der Waals surface area contributed by atoms with Crippen LogP contribution in [0.1, 0.15) is 40.5 Å². The van der Waals surface area contributed by atoms with Crippen molar-refractivity contribution in [3.63, 3.8) is 0 Å². The molecule has 0 aromatic heterocycles. The van der Waals surface area contributed by atoms with E-state index in [0.29, 0.717) is 0 Å². The van der Waals surface area contributed by atoms with Gasteiger partial charge in [0, 0.05) is 0 Å². The Hall–Kier alpha value is 0.969. The number of hydrogen-bond acceptors (Lipinski definition) is 0. The summed E-state index contributed by atoms with van der Waals surface area (Å²) in [6, 6.07) is 0. The fourth-order valence-electron chi connectivity index (χ4n) is 1.85. The largest absolute Gasteiger partial charge is 1.00 e. The van der Waals surface area contributed by atoms with Crippen molar-refractivity contribution in [2.45, 2.75) is 49.0 Å². The van der Waals surface area contributed by atoms with Crippen LogP contribution in [0, 0.1) is 0 Å². The molecule has 0 atom stereocenters. The van der Waals surface area contributed by atoms with Crippen molar-refractivity contribution in [3.05, 3.63) is 44.2 Å². The summed E-state index contributed by atoms with van der Waals surface area (Å²) in [5.41, 5.74) is 0. The third-order valence-corrected chi connectivity index (χ3v) is 6.61. The Morgan fingerprint density at radius 1 is 0.750 bits per heavy atom. The van der Waals surface area contributed by atoms with Crippen LogP contribution in [0.3, 0.4) is 0 Å². The van der Waals surface area contributed by atoms with Crippen LogP contribution in [-0.2, 0) is 38.3 Å². The van der Waals surface area contributed by atoms with Gasteiger partial charge in [0.15, 0.2) is 0 Å². The maximum Gasteiger partial charge on any atom is -1.00 e. The average molecular weight is 383 g/mol. The summed E-state index contributed by atoms with van der Waals surface area (Å²) in [5, 5.41) is 0. The van der Waals surface area contributed by atoms with E-state index < -0.39 is 0 Å². The molecule has 0 bridgehead atoms. The van der Waals surface area contributed by atoms with Crippen LogP contribution in [-0.4, -0.2) is 0 Å². The molecule has 4 heteroatoms. The third kappa shape index (κ3) is 11.6. The van der Waals surface area contributed by atoms with E-state index in [-0.39, 0.29) is 63.1 Å². The molecule has 0 heterocycles. The van der Waals surface area contributed by atoms with E-state index in [2.05, 4.69) is 64.2 Å². The molecule has 2 rings (SSSR count). The summed E-state index contributed by atoms with van der Waals surface area (Å²) in [5.74, 6) is 0. The molecule has 0 saturated heterocycles. The molecule has 0 aliphatic heterocycles. The zero-order valence-electron chi connectivity index (χ0n) is 12.8. The van der Waals surface area contributed by atoms with Crippen molar-refractivity contribution < 1.29 is 63.1 Å². The quantitative estimate of drug-likeness (QED) is 0.574. The number of allylic oxidation sites excluding steroid dienone is 8. The molecule has 0 fully saturated rings. The standard InChI is InChI=1S/2C5H5.2C3H7.2ClH.2Ti/c2*1-2-4-5-3-1;2*1-3-2;;;;/h2*1-3H,4H2;2*3H,1-2H3;2*1H;;/q;;;;;;2*+1/p-2. The van der Waals surface area contributed by atoms with Crippen LogP contribution in [0.4, 0.5) is 0 Å². The predicted octanol–water partition coefficient (Wildman–Crippen LogP) is -0.510. The summed E-state index contributed by atoms with van der Waals surface area (Å²) in [6.07, 6.45) is 15.9. The van der Waals surface area contributed by atoms with Crippen LogP contribution >= 0.6 is 0 Å². The smallest absolute Gasteiger partial charge is 1.00 e. The van der Waals surface area contributed by atoms with Gasteiger partial charge in [-0.15, -0.1) is 0 Å². The Morgan fingerprint density at radius 3 is 1.30 bits per heavy atom. The van der Waals surface area contributed by atoms with Gasteiger partial charge in [0.1, 0.15) is 0 Å². The van der Waals surface area contributed by atoms with E-state index >= 15 is 0 Å². The van der Waals surface area contributed by atoms with Gasteiger partial charge in [0.25, 0.3) is 0 Å². The van der Waals surface area contributed by atoms with Crippen LogP contribution < -0.4 is 24.8 Å². The van der Waals surface area contributed by atoms with Gasteiger partial charge in [0.05, 0.1) is 0 Å². The van der Waals surface area contributed by atoms with Crippen LogP contribution in [0.15, 0.2) is 44.2 Å². The van der Waals surface area contributed by atoms with Gasteiger partial charge < -0.3 is 24.8 Å². The minimum atomic E-state index is 0. The van der Waals surface area contributed by atoms with Crippen LogP contribution in [0.25, 0.3) is 0 Å². The summed E-state index contributed by atoms with van der Waals surface area (Å²) in [7, 11) is 0.